The van der Waals surface area contributed by atoms with Crippen LogP contribution in [0.3, 0.4) is 0 Å². The van der Waals surface area contributed by atoms with Crippen molar-refractivity contribution in [3.63, 3.8) is 0 Å². The van der Waals surface area contributed by atoms with Crippen LogP contribution in [-0.4, -0.2) is 29.5 Å². The van der Waals surface area contributed by atoms with Gasteiger partial charge in [0.25, 0.3) is 0 Å². The van der Waals surface area contributed by atoms with E-state index in [4.69, 9.17) is 10.2 Å². The number of aliphatic hydroxyl groups is 2. The van der Waals surface area contributed by atoms with Gasteiger partial charge in [-0.2, -0.15) is 0 Å². The molecule has 0 radical (unpaired) electrons. The van der Waals surface area contributed by atoms with Crippen LogP contribution < -0.4 is 4.72 Å². The molecular weight excluding hydrogens is 278 g/mol. The number of aryl methyl sites for hydroxylation is 1. The molecule has 84 valence electrons. The number of aliphatic hydroxyl groups excluding tert-OH is 2. The van der Waals surface area contributed by atoms with Gasteiger partial charge in [0, 0.05) is 15.9 Å². The summed E-state index contributed by atoms with van der Waals surface area (Å²) in [6.07, 6.45) is -0.700. The van der Waals surface area contributed by atoms with E-state index >= 15 is 0 Å². The lowest BCUT2D eigenvalue weighted by molar-refractivity contribution is 0.0994. The molecule has 0 spiro atoms. The Bertz CT molecular complexity index is 322. The van der Waals surface area contributed by atoms with Gasteiger partial charge in [-0.25, -0.2) is 0 Å². The highest BCUT2D eigenvalue weighted by Gasteiger charge is 2.02. The lowest BCUT2D eigenvalue weighted by Crippen LogP contribution is -2.25. The molecule has 0 fully saturated rings. The first-order chi connectivity index (χ1) is 7.13. The van der Waals surface area contributed by atoms with Gasteiger partial charge >= 0.3 is 0 Å². The smallest absolute Gasteiger partial charge is 0.0904 e. The third kappa shape index (κ3) is 4.53. The van der Waals surface area contributed by atoms with E-state index in [0.717, 1.165) is 9.37 Å². The molecule has 0 aliphatic carbocycles. The van der Waals surface area contributed by atoms with Crippen molar-refractivity contribution in [2.24, 2.45) is 0 Å². The predicted molar refractivity (Wildman–Crippen MR) is 65.8 cm³/mol. The maximum Gasteiger partial charge on any atom is 0.0904 e. The first-order valence-electron chi connectivity index (χ1n) is 4.58. The zero-order valence-corrected chi connectivity index (χ0v) is 10.8. The minimum absolute atomic E-state index is 0.215. The summed E-state index contributed by atoms with van der Waals surface area (Å²) in [5, 5.41) is 17.7. The first kappa shape index (κ1) is 13.0. The van der Waals surface area contributed by atoms with Crippen LogP contribution in [0.4, 0.5) is 0 Å². The Kier molecular flexibility index (Phi) is 5.63. The van der Waals surface area contributed by atoms with Gasteiger partial charge in [-0.1, -0.05) is 15.9 Å². The second kappa shape index (κ2) is 6.50. The molecule has 15 heavy (non-hydrogen) atoms. The first-order valence-corrected chi connectivity index (χ1v) is 6.19. The Balaban J connectivity index is 2.41. The van der Waals surface area contributed by atoms with Crippen LogP contribution in [0.25, 0.3) is 0 Å². The quantitative estimate of drug-likeness (QED) is 0.723. The molecular formula is C10H14BrNO2S. The molecule has 1 atom stereocenters. The molecule has 1 aromatic rings. The zero-order valence-electron chi connectivity index (χ0n) is 8.40. The molecule has 0 aromatic heterocycles. The molecule has 1 aromatic carbocycles. The van der Waals surface area contributed by atoms with E-state index in [0.29, 0.717) is 6.54 Å². The summed E-state index contributed by atoms with van der Waals surface area (Å²) in [6, 6.07) is 6.02. The summed E-state index contributed by atoms with van der Waals surface area (Å²) >= 11 is 4.87. The summed E-state index contributed by atoms with van der Waals surface area (Å²) in [7, 11) is 0. The molecule has 0 saturated heterocycles. The van der Waals surface area contributed by atoms with Gasteiger partial charge in [0.15, 0.2) is 0 Å². The van der Waals surface area contributed by atoms with E-state index in [2.05, 4.69) is 20.7 Å². The minimum atomic E-state index is -0.700. The van der Waals surface area contributed by atoms with E-state index in [-0.39, 0.29) is 6.61 Å². The van der Waals surface area contributed by atoms with Gasteiger partial charge < -0.3 is 10.2 Å². The normalized spacial score (nSPS) is 12.8. The molecule has 0 aliphatic heterocycles. The second-order valence-corrected chi connectivity index (χ2v) is 5.02. The monoisotopic (exact) mass is 291 g/mol. The number of hydrogen-bond donors (Lipinski definition) is 3. The fourth-order valence-corrected chi connectivity index (χ4v) is 2.03. The molecule has 1 unspecified atom stereocenters. The van der Waals surface area contributed by atoms with Crippen LogP contribution in [0.5, 0.6) is 0 Å². The second-order valence-electron chi connectivity index (χ2n) is 3.20. The van der Waals surface area contributed by atoms with E-state index in [9.17, 15) is 0 Å². The maximum absolute atomic E-state index is 9.10. The maximum atomic E-state index is 9.10. The topological polar surface area (TPSA) is 52.5 Å². The molecule has 0 heterocycles. The summed E-state index contributed by atoms with van der Waals surface area (Å²) < 4.78 is 4.08. The van der Waals surface area contributed by atoms with Crippen LogP contribution in [0, 0.1) is 6.92 Å². The van der Waals surface area contributed by atoms with E-state index < -0.39 is 6.10 Å². The molecule has 5 heteroatoms. The van der Waals surface area contributed by atoms with Crippen molar-refractivity contribution in [3.8, 4) is 0 Å². The largest absolute Gasteiger partial charge is 0.394 e. The van der Waals surface area contributed by atoms with Crippen LogP contribution in [0.1, 0.15) is 5.56 Å². The van der Waals surface area contributed by atoms with Crippen LogP contribution >= 0.6 is 27.9 Å². The van der Waals surface area contributed by atoms with Crippen molar-refractivity contribution < 1.29 is 10.2 Å². The van der Waals surface area contributed by atoms with E-state index in [1.165, 1.54) is 17.5 Å². The molecule has 3 nitrogen and oxygen atoms in total. The third-order valence-corrected chi connectivity index (χ3v) is 3.54. The lowest BCUT2D eigenvalue weighted by Gasteiger charge is -2.08. The molecule has 3 N–H and O–H groups in total. The van der Waals surface area contributed by atoms with Crippen LogP contribution in [-0.2, 0) is 0 Å². The summed E-state index contributed by atoms with van der Waals surface area (Å²) in [6.45, 7) is 2.18. The fourth-order valence-electron chi connectivity index (χ4n) is 0.966. The van der Waals surface area contributed by atoms with Crippen molar-refractivity contribution in [1.82, 2.24) is 4.72 Å². The molecule has 0 bridgehead atoms. The van der Waals surface area contributed by atoms with Crippen molar-refractivity contribution >= 4 is 27.9 Å². The standard InChI is InChI=1S/C10H14BrNO2S/c1-7-4-9(2-3-10(7)11)15-12-5-8(14)6-13/h2-4,8,12-14H,5-6H2,1H3. The highest BCUT2D eigenvalue weighted by molar-refractivity contribution is 9.10. The molecule has 1 rings (SSSR count). The third-order valence-electron chi connectivity index (χ3n) is 1.85. The van der Waals surface area contributed by atoms with Gasteiger partial charge in [-0.05, 0) is 42.6 Å². The highest BCUT2D eigenvalue weighted by Crippen LogP contribution is 2.22. The number of benzene rings is 1. The SMILES string of the molecule is Cc1cc(SNCC(O)CO)ccc1Br. The number of rotatable bonds is 5. The van der Waals surface area contributed by atoms with E-state index in [1.807, 2.05) is 25.1 Å². The average Bonchev–Trinajstić information content (AvgIpc) is 2.23. The Labute approximate surface area is 102 Å². The number of halogens is 1. The van der Waals surface area contributed by atoms with Gasteiger partial charge in [-0.3, -0.25) is 4.72 Å². The van der Waals surface area contributed by atoms with Gasteiger partial charge in [0.1, 0.15) is 0 Å². The molecule has 0 saturated carbocycles. The predicted octanol–water partition coefficient (Wildman–Crippen LogP) is 1.71. The Morgan fingerprint density at radius 1 is 1.53 bits per heavy atom. The van der Waals surface area contributed by atoms with Crippen molar-refractivity contribution in [3.05, 3.63) is 28.2 Å². The van der Waals surface area contributed by atoms with Gasteiger partial charge in [-0.15, -0.1) is 0 Å². The Hall–Kier alpha value is -0.0700. The lowest BCUT2D eigenvalue weighted by atomic mass is 10.2. The van der Waals surface area contributed by atoms with Crippen molar-refractivity contribution in [2.75, 3.05) is 13.2 Å². The molecule has 0 aliphatic rings. The summed E-state index contributed by atoms with van der Waals surface area (Å²) in [5.74, 6) is 0. The molecule has 0 amide bonds. The van der Waals surface area contributed by atoms with Crippen molar-refractivity contribution in [1.29, 1.82) is 0 Å². The van der Waals surface area contributed by atoms with Crippen LogP contribution in [0.2, 0.25) is 0 Å². The zero-order chi connectivity index (χ0) is 11.3. The Morgan fingerprint density at radius 3 is 2.87 bits per heavy atom. The number of nitrogens with one attached hydrogen (secondary N) is 1. The van der Waals surface area contributed by atoms with Crippen LogP contribution in [0.15, 0.2) is 27.6 Å². The fraction of sp³-hybridized carbons (Fsp3) is 0.400. The van der Waals surface area contributed by atoms with E-state index in [1.54, 1.807) is 0 Å². The highest BCUT2D eigenvalue weighted by atomic mass is 79.9. The summed E-state index contributed by atoms with van der Waals surface area (Å²) in [5.41, 5.74) is 1.17. The summed E-state index contributed by atoms with van der Waals surface area (Å²) in [4.78, 5) is 1.08. The van der Waals surface area contributed by atoms with Gasteiger partial charge in [0.05, 0.1) is 12.7 Å². The van der Waals surface area contributed by atoms with Crippen molar-refractivity contribution in [2.45, 2.75) is 17.9 Å². The number of hydrogen-bond acceptors (Lipinski definition) is 4. The minimum Gasteiger partial charge on any atom is -0.394 e. The average molecular weight is 292 g/mol. The van der Waals surface area contributed by atoms with Gasteiger partial charge in [0.2, 0.25) is 0 Å². The Morgan fingerprint density at radius 2 is 2.27 bits per heavy atom.